The minimum absolute atomic E-state index is 0.00312. The molecule has 0 aliphatic heterocycles. The van der Waals surface area contributed by atoms with Crippen LogP contribution in [-0.4, -0.2) is 26.2 Å². The molecule has 0 saturated heterocycles. The summed E-state index contributed by atoms with van der Waals surface area (Å²) in [4.78, 5) is 33.4. The molecule has 1 aromatic carbocycles. The molecule has 3 rings (SSSR count). The lowest BCUT2D eigenvalue weighted by Gasteiger charge is -2.17. The summed E-state index contributed by atoms with van der Waals surface area (Å²) in [6, 6.07) is 7.88. The SMILES string of the molecule is CCc1cccc(C)c1NC(=O)CSc1nc2cc(C)[nH]c2c(=O)n1[C@H](C)CC. The Morgan fingerprint density at radius 1 is 1.31 bits per heavy atom. The van der Waals surface area contributed by atoms with E-state index in [0.29, 0.717) is 16.2 Å². The van der Waals surface area contributed by atoms with Crippen molar-refractivity contribution in [3.05, 3.63) is 51.4 Å². The first-order valence-corrected chi connectivity index (χ1v) is 11.0. The number of thioether (sulfide) groups is 1. The van der Waals surface area contributed by atoms with E-state index in [1.54, 1.807) is 4.57 Å². The Bertz CT molecular complexity index is 1100. The van der Waals surface area contributed by atoms with Gasteiger partial charge in [0.1, 0.15) is 5.52 Å². The third-order valence-corrected chi connectivity index (χ3v) is 6.11. The van der Waals surface area contributed by atoms with Gasteiger partial charge in [-0.05, 0) is 50.8 Å². The second-order valence-electron chi connectivity index (χ2n) is 7.34. The molecule has 0 bridgehead atoms. The van der Waals surface area contributed by atoms with Crippen LogP contribution in [0.4, 0.5) is 5.69 Å². The average molecular weight is 413 g/mol. The quantitative estimate of drug-likeness (QED) is 0.439. The summed E-state index contributed by atoms with van der Waals surface area (Å²) >= 11 is 1.30. The van der Waals surface area contributed by atoms with E-state index >= 15 is 0 Å². The van der Waals surface area contributed by atoms with Crippen molar-refractivity contribution in [3.63, 3.8) is 0 Å². The molecule has 0 aliphatic carbocycles. The van der Waals surface area contributed by atoms with Gasteiger partial charge in [-0.2, -0.15) is 0 Å². The molecule has 1 amide bonds. The third kappa shape index (κ3) is 4.40. The van der Waals surface area contributed by atoms with E-state index in [1.165, 1.54) is 11.8 Å². The molecule has 29 heavy (non-hydrogen) atoms. The highest BCUT2D eigenvalue weighted by Gasteiger charge is 2.18. The lowest BCUT2D eigenvalue weighted by Crippen LogP contribution is -2.26. The number of rotatable bonds is 7. The Kier molecular flexibility index (Phi) is 6.47. The number of aromatic amines is 1. The first-order chi connectivity index (χ1) is 13.8. The molecule has 3 aromatic rings. The number of aryl methyl sites for hydroxylation is 3. The molecule has 0 saturated carbocycles. The summed E-state index contributed by atoms with van der Waals surface area (Å²) in [5.74, 6) is 0.0873. The van der Waals surface area contributed by atoms with Gasteiger partial charge in [0.15, 0.2) is 5.16 Å². The second kappa shape index (κ2) is 8.86. The molecular formula is C22H28N4O2S. The highest BCUT2D eigenvalue weighted by Crippen LogP contribution is 2.24. The van der Waals surface area contributed by atoms with Crippen molar-refractivity contribution >= 4 is 34.4 Å². The number of amides is 1. The van der Waals surface area contributed by atoms with Crippen molar-refractivity contribution in [2.24, 2.45) is 0 Å². The molecule has 1 atom stereocenters. The van der Waals surface area contributed by atoms with Gasteiger partial charge in [0.05, 0.1) is 11.3 Å². The molecule has 0 radical (unpaired) electrons. The Labute approximate surface area is 175 Å². The lowest BCUT2D eigenvalue weighted by molar-refractivity contribution is -0.113. The predicted molar refractivity (Wildman–Crippen MR) is 120 cm³/mol. The second-order valence-corrected chi connectivity index (χ2v) is 8.28. The van der Waals surface area contributed by atoms with E-state index < -0.39 is 0 Å². The zero-order valence-corrected chi connectivity index (χ0v) is 18.4. The highest BCUT2D eigenvalue weighted by atomic mass is 32.2. The van der Waals surface area contributed by atoms with E-state index in [2.05, 4.69) is 22.2 Å². The number of nitrogens with zero attached hydrogens (tertiary/aromatic N) is 2. The van der Waals surface area contributed by atoms with Crippen LogP contribution in [0, 0.1) is 13.8 Å². The number of aromatic nitrogens is 3. The number of nitrogens with one attached hydrogen (secondary N) is 2. The van der Waals surface area contributed by atoms with Crippen LogP contribution in [-0.2, 0) is 11.2 Å². The van der Waals surface area contributed by atoms with Gasteiger partial charge in [0, 0.05) is 17.4 Å². The number of hydrogen-bond acceptors (Lipinski definition) is 4. The molecule has 7 heteroatoms. The van der Waals surface area contributed by atoms with Crippen molar-refractivity contribution < 1.29 is 4.79 Å². The molecule has 2 N–H and O–H groups in total. The Morgan fingerprint density at radius 2 is 2.07 bits per heavy atom. The summed E-state index contributed by atoms with van der Waals surface area (Å²) in [5, 5.41) is 3.61. The fourth-order valence-electron chi connectivity index (χ4n) is 3.37. The van der Waals surface area contributed by atoms with Crippen LogP contribution in [0.3, 0.4) is 0 Å². The zero-order chi connectivity index (χ0) is 21.1. The van der Waals surface area contributed by atoms with Gasteiger partial charge in [-0.1, -0.05) is 43.8 Å². The van der Waals surface area contributed by atoms with Crippen molar-refractivity contribution in [2.75, 3.05) is 11.1 Å². The van der Waals surface area contributed by atoms with Gasteiger partial charge < -0.3 is 10.3 Å². The fraction of sp³-hybridized carbons (Fsp3) is 0.409. The number of para-hydroxylation sites is 1. The number of carbonyl (C=O) groups is 1. The molecule has 154 valence electrons. The zero-order valence-electron chi connectivity index (χ0n) is 17.6. The van der Waals surface area contributed by atoms with Crippen LogP contribution in [0.5, 0.6) is 0 Å². The first-order valence-electron chi connectivity index (χ1n) is 9.98. The minimum atomic E-state index is -0.103. The largest absolute Gasteiger partial charge is 0.353 e. The molecule has 6 nitrogen and oxygen atoms in total. The van der Waals surface area contributed by atoms with Crippen LogP contribution in [0.1, 0.15) is 50.1 Å². The summed E-state index contributed by atoms with van der Waals surface area (Å²) < 4.78 is 1.70. The maximum Gasteiger partial charge on any atom is 0.278 e. The summed E-state index contributed by atoms with van der Waals surface area (Å²) in [6.45, 7) is 10.00. The molecule has 0 aliphatic rings. The van der Waals surface area contributed by atoms with E-state index in [4.69, 9.17) is 0 Å². The van der Waals surface area contributed by atoms with Crippen molar-refractivity contribution in [1.29, 1.82) is 0 Å². The lowest BCUT2D eigenvalue weighted by atomic mass is 10.1. The van der Waals surface area contributed by atoms with Crippen molar-refractivity contribution in [1.82, 2.24) is 14.5 Å². The topological polar surface area (TPSA) is 79.8 Å². The van der Waals surface area contributed by atoms with Crippen LogP contribution in [0.25, 0.3) is 11.0 Å². The van der Waals surface area contributed by atoms with Crippen LogP contribution in [0.2, 0.25) is 0 Å². The predicted octanol–water partition coefficient (Wildman–Crippen LogP) is 4.61. The molecule has 2 aromatic heterocycles. The van der Waals surface area contributed by atoms with Crippen LogP contribution in [0.15, 0.2) is 34.2 Å². The number of hydrogen-bond donors (Lipinski definition) is 2. The van der Waals surface area contributed by atoms with E-state index in [1.807, 2.05) is 52.0 Å². The van der Waals surface area contributed by atoms with Gasteiger partial charge in [-0.3, -0.25) is 14.2 Å². The number of H-pyrrole nitrogens is 1. The fourth-order valence-corrected chi connectivity index (χ4v) is 4.27. The van der Waals surface area contributed by atoms with Crippen LogP contribution < -0.4 is 10.9 Å². The number of benzene rings is 1. The minimum Gasteiger partial charge on any atom is -0.353 e. The highest BCUT2D eigenvalue weighted by molar-refractivity contribution is 7.99. The van der Waals surface area contributed by atoms with Crippen molar-refractivity contribution in [2.45, 2.75) is 58.7 Å². The van der Waals surface area contributed by atoms with E-state index in [-0.39, 0.29) is 23.3 Å². The Morgan fingerprint density at radius 3 is 2.76 bits per heavy atom. The standard InChI is InChI=1S/C22H28N4O2S/c1-6-15(5)26-21(28)20-17(11-14(4)23-20)24-22(26)29-12-18(27)25-19-13(3)9-8-10-16(19)7-2/h8-11,15,23H,6-7,12H2,1-5H3,(H,25,27)/t15-/m1/s1. The Hall–Kier alpha value is -2.54. The summed E-state index contributed by atoms with van der Waals surface area (Å²) in [7, 11) is 0. The van der Waals surface area contributed by atoms with Gasteiger partial charge in [0.25, 0.3) is 5.56 Å². The summed E-state index contributed by atoms with van der Waals surface area (Å²) in [6.07, 6.45) is 1.65. The first kappa shape index (κ1) is 21.2. The maximum atomic E-state index is 13.0. The Balaban J connectivity index is 1.86. The molecule has 2 heterocycles. The number of fused-ring (bicyclic) bond motifs is 1. The smallest absolute Gasteiger partial charge is 0.278 e. The van der Waals surface area contributed by atoms with Gasteiger partial charge in [0.2, 0.25) is 5.91 Å². The molecule has 0 spiro atoms. The molecule has 0 unspecified atom stereocenters. The van der Waals surface area contributed by atoms with Gasteiger partial charge in [-0.15, -0.1) is 0 Å². The summed E-state index contributed by atoms with van der Waals surface area (Å²) in [5.41, 5.74) is 5.00. The molecular weight excluding hydrogens is 384 g/mol. The van der Waals surface area contributed by atoms with E-state index in [9.17, 15) is 9.59 Å². The van der Waals surface area contributed by atoms with Gasteiger partial charge in [-0.25, -0.2) is 4.98 Å². The average Bonchev–Trinajstić information content (AvgIpc) is 3.08. The normalized spacial score (nSPS) is 12.3. The maximum absolute atomic E-state index is 13.0. The van der Waals surface area contributed by atoms with Gasteiger partial charge >= 0.3 is 0 Å². The molecule has 0 fully saturated rings. The number of anilines is 1. The number of carbonyl (C=O) groups excluding carboxylic acids is 1. The third-order valence-electron chi connectivity index (χ3n) is 5.15. The van der Waals surface area contributed by atoms with E-state index in [0.717, 1.165) is 35.3 Å². The van der Waals surface area contributed by atoms with Crippen molar-refractivity contribution in [3.8, 4) is 0 Å². The monoisotopic (exact) mass is 412 g/mol. The van der Waals surface area contributed by atoms with Crippen LogP contribution >= 0.6 is 11.8 Å².